The number of fused-ring (bicyclic) bond motifs is 1. The Kier molecular flexibility index (Phi) is 3.89. The number of anilines is 1. The molecular formula is C16H14Cl2N2O. The molecule has 2 aromatic carbocycles. The number of nitrogens with one attached hydrogen (secondary N) is 1. The van der Waals surface area contributed by atoms with Crippen LogP contribution in [0.1, 0.15) is 29.2 Å². The van der Waals surface area contributed by atoms with Crippen LogP contribution < -0.4 is 11.1 Å². The number of amides is 1. The third-order valence-electron chi connectivity index (χ3n) is 3.68. The molecule has 0 fully saturated rings. The fraction of sp³-hybridized carbons (Fsp3) is 0.188. The number of aryl methyl sites for hydroxylation is 1. The Morgan fingerprint density at radius 1 is 1.10 bits per heavy atom. The number of benzene rings is 2. The highest BCUT2D eigenvalue weighted by atomic mass is 35.5. The smallest absolute Gasteiger partial charge is 0.224 e. The maximum Gasteiger partial charge on any atom is 0.224 e. The minimum Gasteiger partial charge on any atom is -0.326 e. The minimum absolute atomic E-state index is 0.0558. The quantitative estimate of drug-likeness (QED) is 0.880. The summed E-state index contributed by atoms with van der Waals surface area (Å²) in [4.78, 5) is 11.4. The van der Waals surface area contributed by atoms with Gasteiger partial charge in [0.05, 0.1) is 6.04 Å². The summed E-state index contributed by atoms with van der Waals surface area (Å²) in [5, 5.41) is 4.01. The molecule has 3 N–H and O–H groups in total. The summed E-state index contributed by atoms with van der Waals surface area (Å²) in [5.74, 6) is 0.0558. The molecule has 108 valence electrons. The molecular weight excluding hydrogens is 307 g/mol. The topological polar surface area (TPSA) is 55.1 Å². The standard InChI is InChI=1S/C16H14Cl2N2O/c17-11-3-4-12(13(18)8-11)16(19)10-1-5-14-9(7-10)2-6-15(21)20-14/h1,3-5,7-8,16H,2,6,19H2,(H,20,21). The first-order chi connectivity index (χ1) is 10.0. The maximum absolute atomic E-state index is 11.4. The molecule has 5 heteroatoms. The summed E-state index contributed by atoms with van der Waals surface area (Å²) < 4.78 is 0. The van der Waals surface area contributed by atoms with Crippen molar-refractivity contribution in [2.24, 2.45) is 5.73 Å². The molecule has 0 spiro atoms. The Morgan fingerprint density at radius 3 is 2.67 bits per heavy atom. The van der Waals surface area contributed by atoms with Crippen LogP contribution in [0, 0.1) is 0 Å². The van der Waals surface area contributed by atoms with E-state index in [1.165, 1.54) is 0 Å². The Labute approximate surface area is 133 Å². The fourth-order valence-corrected chi connectivity index (χ4v) is 3.06. The Morgan fingerprint density at radius 2 is 1.90 bits per heavy atom. The van der Waals surface area contributed by atoms with E-state index in [-0.39, 0.29) is 11.9 Å². The van der Waals surface area contributed by atoms with Crippen molar-refractivity contribution in [3.63, 3.8) is 0 Å². The van der Waals surface area contributed by atoms with Crippen LogP contribution >= 0.6 is 23.2 Å². The fourth-order valence-electron chi connectivity index (χ4n) is 2.53. The molecule has 3 nitrogen and oxygen atoms in total. The molecule has 1 heterocycles. The van der Waals surface area contributed by atoms with Gasteiger partial charge in [-0.05, 0) is 41.3 Å². The summed E-state index contributed by atoms with van der Waals surface area (Å²) in [5.41, 5.74) is 10.1. The third-order valence-corrected chi connectivity index (χ3v) is 4.24. The molecule has 2 aromatic rings. The predicted octanol–water partition coefficient (Wildman–Crippen LogP) is 3.93. The summed E-state index contributed by atoms with van der Waals surface area (Å²) in [6.07, 6.45) is 1.24. The lowest BCUT2D eigenvalue weighted by Crippen LogP contribution is -2.20. The van der Waals surface area contributed by atoms with E-state index in [1.54, 1.807) is 12.1 Å². The first kappa shape index (κ1) is 14.4. The van der Waals surface area contributed by atoms with Gasteiger partial charge in [-0.25, -0.2) is 0 Å². The normalized spacial score (nSPS) is 15.3. The van der Waals surface area contributed by atoms with Crippen LogP contribution in [0.5, 0.6) is 0 Å². The van der Waals surface area contributed by atoms with Crippen LogP contribution in [-0.2, 0) is 11.2 Å². The van der Waals surface area contributed by atoms with Gasteiger partial charge in [0.2, 0.25) is 5.91 Å². The zero-order chi connectivity index (χ0) is 15.0. The van der Waals surface area contributed by atoms with Crippen LogP contribution in [0.15, 0.2) is 36.4 Å². The molecule has 3 rings (SSSR count). The van der Waals surface area contributed by atoms with Crippen molar-refractivity contribution in [3.8, 4) is 0 Å². The molecule has 0 bridgehead atoms. The molecule has 1 atom stereocenters. The van der Waals surface area contributed by atoms with Gasteiger partial charge in [-0.1, -0.05) is 41.4 Å². The van der Waals surface area contributed by atoms with Crippen molar-refractivity contribution < 1.29 is 4.79 Å². The minimum atomic E-state index is -0.322. The van der Waals surface area contributed by atoms with Crippen molar-refractivity contribution in [2.45, 2.75) is 18.9 Å². The first-order valence-corrected chi connectivity index (χ1v) is 7.43. The van der Waals surface area contributed by atoms with Gasteiger partial charge in [-0.15, -0.1) is 0 Å². The van der Waals surface area contributed by atoms with E-state index in [4.69, 9.17) is 28.9 Å². The highest BCUT2D eigenvalue weighted by Crippen LogP contribution is 2.31. The molecule has 0 saturated heterocycles. The van der Waals surface area contributed by atoms with Gasteiger partial charge in [-0.3, -0.25) is 4.79 Å². The second kappa shape index (κ2) is 5.68. The van der Waals surface area contributed by atoms with Gasteiger partial charge in [0.15, 0.2) is 0 Å². The van der Waals surface area contributed by atoms with E-state index in [0.29, 0.717) is 16.5 Å². The lowest BCUT2D eigenvalue weighted by molar-refractivity contribution is -0.116. The van der Waals surface area contributed by atoms with Crippen LogP contribution in [0.4, 0.5) is 5.69 Å². The average Bonchev–Trinajstić information content (AvgIpc) is 2.46. The lowest BCUT2D eigenvalue weighted by atomic mass is 9.94. The highest BCUT2D eigenvalue weighted by Gasteiger charge is 2.18. The zero-order valence-electron chi connectivity index (χ0n) is 11.2. The average molecular weight is 321 g/mol. The molecule has 1 aliphatic heterocycles. The number of hydrogen-bond donors (Lipinski definition) is 2. The molecule has 1 aliphatic rings. The molecule has 1 unspecified atom stereocenters. The summed E-state index contributed by atoms with van der Waals surface area (Å²) in [7, 11) is 0. The largest absolute Gasteiger partial charge is 0.326 e. The van der Waals surface area contributed by atoms with Crippen LogP contribution in [0.3, 0.4) is 0 Å². The van der Waals surface area contributed by atoms with E-state index in [2.05, 4.69) is 5.32 Å². The van der Waals surface area contributed by atoms with E-state index in [9.17, 15) is 4.79 Å². The Hall–Kier alpha value is -1.55. The van der Waals surface area contributed by atoms with Crippen molar-refractivity contribution >= 4 is 34.8 Å². The number of carbonyl (C=O) groups is 1. The van der Waals surface area contributed by atoms with Crippen molar-refractivity contribution in [1.29, 1.82) is 0 Å². The second-order valence-electron chi connectivity index (χ2n) is 5.11. The van der Waals surface area contributed by atoms with Gasteiger partial charge in [-0.2, -0.15) is 0 Å². The Bertz CT molecular complexity index is 715. The SMILES string of the molecule is NC(c1ccc2c(c1)CCC(=O)N2)c1ccc(Cl)cc1Cl. The number of halogens is 2. The number of carbonyl (C=O) groups excluding carboxylic acids is 1. The summed E-state index contributed by atoms with van der Waals surface area (Å²) in [6.45, 7) is 0. The molecule has 0 radical (unpaired) electrons. The van der Waals surface area contributed by atoms with Crippen molar-refractivity contribution in [1.82, 2.24) is 0 Å². The highest BCUT2D eigenvalue weighted by molar-refractivity contribution is 6.35. The van der Waals surface area contributed by atoms with E-state index in [0.717, 1.165) is 28.8 Å². The summed E-state index contributed by atoms with van der Waals surface area (Å²) in [6, 6.07) is 10.8. The van der Waals surface area contributed by atoms with E-state index >= 15 is 0 Å². The van der Waals surface area contributed by atoms with Crippen molar-refractivity contribution in [3.05, 3.63) is 63.1 Å². The zero-order valence-corrected chi connectivity index (χ0v) is 12.7. The van der Waals surface area contributed by atoms with E-state index < -0.39 is 0 Å². The van der Waals surface area contributed by atoms with Gasteiger partial charge < -0.3 is 11.1 Å². The van der Waals surface area contributed by atoms with Crippen molar-refractivity contribution in [2.75, 3.05) is 5.32 Å². The van der Waals surface area contributed by atoms with Gasteiger partial charge >= 0.3 is 0 Å². The third kappa shape index (κ3) is 2.91. The molecule has 0 aliphatic carbocycles. The monoisotopic (exact) mass is 320 g/mol. The molecule has 0 saturated carbocycles. The molecule has 0 aromatic heterocycles. The van der Waals surface area contributed by atoms with Crippen LogP contribution in [-0.4, -0.2) is 5.91 Å². The van der Waals surface area contributed by atoms with E-state index in [1.807, 2.05) is 24.3 Å². The molecule has 21 heavy (non-hydrogen) atoms. The Balaban J connectivity index is 1.95. The predicted molar refractivity (Wildman–Crippen MR) is 85.9 cm³/mol. The number of nitrogens with two attached hydrogens (primary N) is 1. The van der Waals surface area contributed by atoms with Gasteiger partial charge in [0.25, 0.3) is 0 Å². The summed E-state index contributed by atoms with van der Waals surface area (Å²) >= 11 is 12.1. The van der Waals surface area contributed by atoms with Crippen LogP contribution in [0.25, 0.3) is 0 Å². The maximum atomic E-state index is 11.4. The van der Waals surface area contributed by atoms with Crippen LogP contribution in [0.2, 0.25) is 10.0 Å². The first-order valence-electron chi connectivity index (χ1n) is 6.68. The molecule has 1 amide bonds. The lowest BCUT2D eigenvalue weighted by Gasteiger charge is -2.20. The number of rotatable bonds is 2. The second-order valence-corrected chi connectivity index (χ2v) is 5.95. The van der Waals surface area contributed by atoms with Gasteiger partial charge in [0.1, 0.15) is 0 Å². The number of hydrogen-bond acceptors (Lipinski definition) is 2. The van der Waals surface area contributed by atoms with Gasteiger partial charge in [0, 0.05) is 22.2 Å².